The molecule has 0 saturated carbocycles. The molecule has 5 heteroatoms. The van der Waals surface area contributed by atoms with E-state index >= 15 is 0 Å². The molecule has 1 N–H and O–H groups in total. The summed E-state index contributed by atoms with van der Waals surface area (Å²) >= 11 is 4.75. The molecule has 0 saturated heterocycles. The highest BCUT2D eigenvalue weighted by atomic mass is 79.9. The number of ether oxygens (including phenoxy) is 1. The van der Waals surface area contributed by atoms with Crippen LogP contribution in [0.1, 0.15) is 23.0 Å². The second-order valence-corrected chi connectivity index (χ2v) is 6.37. The first kappa shape index (κ1) is 14.1. The van der Waals surface area contributed by atoms with E-state index in [4.69, 9.17) is 4.74 Å². The highest BCUT2D eigenvalue weighted by Gasteiger charge is 2.11. The van der Waals surface area contributed by atoms with Gasteiger partial charge >= 0.3 is 0 Å². The summed E-state index contributed by atoms with van der Waals surface area (Å²) in [5.74, 6) is 0.580. The number of hydrogen-bond acceptors (Lipinski definition) is 3. The zero-order valence-corrected chi connectivity index (χ0v) is 12.9. The number of rotatable bonds is 5. The van der Waals surface area contributed by atoms with E-state index in [1.54, 1.807) is 6.07 Å². The molecular formula is C14H14BrNO2S. The van der Waals surface area contributed by atoms with E-state index in [2.05, 4.69) is 21.2 Å². The van der Waals surface area contributed by atoms with Crippen molar-refractivity contribution in [2.45, 2.75) is 13.3 Å². The van der Waals surface area contributed by atoms with E-state index in [1.807, 2.05) is 37.3 Å². The maximum Gasteiger partial charge on any atom is 0.265 e. The first-order valence-corrected chi connectivity index (χ1v) is 7.60. The molecule has 100 valence electrons. The maximum absolute atomic E-state index is 12.1. The zero-order valence-electron chi connectivity index (χ0n) is 10.5. The van der Waals surface area contributed by atoms with Crippen LogP contribution >= 0.6 is 27.3 Å². The summed E-state index contributed by atoms with van der Waals surface area (Å²) in [6.45, 7) is 2.68. The Morgan fingerprint density at radius 1 is 1.32 bits per heavy atom. The van der Waals surface area contributed by atoms with E-state index < -0.39 is 0 Å². The van der Waals surface area contributed by atoms with Gasteiger partial charge in [-0.05, 0) is 46.6 Å². The fourth-order valence-electron chi connectivity index (χ4n) is 1.53. The number of carbonyl (C=O) groups is 1. The summed E-state index contributed by atoms with van der Waals surface area (Å²) in [6, 6.07) is 11.1. The van der Waals surface area contributed by atoms with Crippen molar-refractivity contribution in [3.8, 4) is 5.75 Å². The van der Waals surface area contributed by atoms with Crippen LogP contribution in [0.4, 0.5) is 5.69 Å². The lowest BCUT2D eigenvalue weighted by molar-refractivity contribution is 0.103. The van der Waals surface area contributed by atoms with Gasteiger partial charge in [0.1, 0.15) is 5.75 Å². The van der Waals surface area contributed by atoms with Gasteiger partial charge < -0.3 is 10.1 Å². The van der Waals surface area contributed by atoms with E-state index in [1.165, 1.54) is 11.3 Å². The van der Waals surface area contributed by atoms with Crippen LogP contribution in [0.5, 0.6) is 5.75 Å². The van der Waals surface area contributed by atoms with Crippen molar-refractivity contribution in [3.05, 3.63) is 45.1 Å². The van der Waals surface area contributed by atoms with Crippen molar-refractivity contribution in [3.63, 3.8) is 0 Å². The van der Waals surface area contributed by atoms with Crippen LogP contribution < -0.4 is 10.1 Å². The first-order valence-electron chi connectivity index (χ1n) is 5.99. The minimum absolute atomic E-state index is 0.122. The molecule has 19 heavy (non-hydrogen) atoms. The molecule has 1 heterocycles. The highest BCUT2D eigenvalue weighted by Crippen LogP contribution is 2.27. The largest absolute Gasteiger partial charge is 0.491 e. The summed E-state index contributed by atoms with van der Waals surface area (Å²) in [4.78, 5) is 12.7. The van der Waals surface area contributed by atoms with Crippen LogP contribution in [0.25, 0.3) is 0 Å². The van der Waals surface area contributed by atoms with Gasteiger partial charge in [0.25, 0.3) is 5.91 Å². The van der Waals surface area contributed by atoms with Crippen molar-refractivity contribution in [2.24, 2.45) is 0 Å². The monoisotopic (exact) mass is 339 g/mol. The molecule has 0 spiro atoms. The molecule has 0 aliphatic rings. The molecule has 0 fully saturated rings. The summed E-state index contributed by atoms with van der Waals surface area (Å²) in [5, 5.41) is 2.87. The maximum atomic E-state index is 12.1. The number of carbonyl (C=O) groups excluding carboxylic acids is 1. The van der Waals surface area contributed by atoms with E-state index in [9.17, 15) is 4.79 Å². The molecule has 0 aliphatic carbocycles. The van der Waals surface area contributed by atoms with E-state index in [0.717, 1.165) is 10.2 Å². The fraction of sp³-hybridized carbons (Fsp3) is 0.214. The van der Waals surface area contributed by atoms with Crippen LogP contribution in [0, 0.1) is 0 Å². The van der Waals surface area contributed by atoms with Crippen LogP contribution in [0.2, 0.25) is 0 Å². The Balaban J connectivity index is 2.12. The van der Waals surface area contributed by atoms with Crippen molar-refractivity contribution < 1.29 is 9.53 Å². The smallest absolute Gasteiger partial charge is 0.265 e. The lowest BCUT2D eigenvalue weighted by Gasteiger charge is -2.11. The van der Waals surface area contributed by atoms with Gasteiger partial charge in [-0.15, -0.1) is 11.3 Å². The quantitative estimate of drug-likeness (QED) is 0.867. The number of amides is 1. The van der Waals surface area contributed by atoms with Crippen molar-refractivity contribution in [1.29, 1.82) is 0 Å². The summed E-state index contributed by atoms with van der Waals surface area (Å²) < 4.78 is 6.55. The number of para-hydroxylation sites is 2. The lowest BCUT2D eigenvalue weighted by atomic mass is 10.3. The Kier molecular flexibility index (Phi) is 4.99. The fourth-order valence-corrected chi connectivity index (χ4v) is 2.81. The Morgan fingerprint density at radius 3 is 2.79 bits per heavy atom. The molecule has 0 unspecified atom stereocenters. The predicted octanol–water partition coefficient (Wildman–Crippen LogP) is 4.55. The van der Waals surface area contributed by atoms with Gasteiger partial charge in [-0.1, -0.05) is 19.1 Å². The van der Waals surface area contributed by atoms with Crippen molar-refractivity contribution in [1.82, 2.24) is 0 Å². The van der Waals surface area contributed by atoms with Gasteiger partial charge in [-0.25, -0.2) is 0 Å². The van der Waals surface area contributed by atoms with Gasteiger partial charge in [0.05, 0.1) is 21.0 Å². The van der Waals surface area contributed by atoms with Crippen LogP contribution in [0.3, 0.4) is 0 Å². The topological polar surface area (TPSA) is 38.3 Å². The Bertz CT molecular complexity index is 568. The third-order valence-corrected chi connectivity index (χ3v) is 4.02. The van der Waals surface area contributed by atoms with Crippen LogP contribution in [-0.2, 0) is 0 Å². The average Bonchev–Trinajstić information content (AvgIpc) is 2.84. The molecule has 0 radical (unpaired) electrons. The van der Waals surface area contributed by atoms with Gasteiger partial charge in [-0.3, -0.25) is 4.79 Å². The van der Waals surface area contributed by atoms with Crippen molar-refractivity contribution >= 4 is 38.9 Å². The van der Waals surface area contributed by atoms with E-state index in [-0.39, 0.29) is 5.91 Å². The number of benzene rings is 1. The van der Waals surface area contributed by atoms with Crippen LogP contribution in [0.15, 0.2) is 40.2 Å². The second kappa shape index (κ2) is 6.73. The molecule has 2 aromatic rings. The summed E-state index contributed by atoms with van der Waals surface area (Å²) in [6.07, 6.45) is 0.931. The number of anilines is 1. The molecule has 2 rings (SSSR count). The summed E-state index contributed by atoms with van der Waals surface area (Å²) in [7, 11) is 0. The standard InChI is InChI=1S/C14H14BrNO2S/c1-2-9-18-11-6-4-3-5-10(11)16-14(17)12-7-8-13(15)19-12/h3-8H,2,9H2,1H3,(H,16,17). The number of nitrogens with one attached hydrogen (secondary N) is 1. The number of halogens is 1. The molecule has 0 aliphatic heterocycles. The average molecular weight is 340 g/mol. The normalized spacial score (nSPS) is 10.2. The lowest BCUT2D eigenvalue weighted by Crippen LogP contribution is -2.11. The van der Waals surface area contributed by atoms with Gasteiger partial charge in [0.2, 0.25) is 0 Å². The molecule has 0 bridgehead atoms. The third kappa shape index (κ3) is 3.81. The third-order valence-electron chi connectivity index (χ3n) is 2.39. The predicted molar refractivity (Wildman–Crippen MR) is 82.2 cm³/mol. The molecule has 1 aromatic carbocycles. The minimum atomic E-state index is -0.122. The molecule has 1 amide bonds. The Morgan fingerprint density at radius 2 is 2.11 bits per heavy atom. The molecular weight excluding hydrogens is 326 g/mol. The first-order chi connectivity index (χ1) is 9.20. The summed E-state index contributed by atoms with van der Waals surface area (Å²) in [5.41, 5.74) is 0.700. The van der Waals surface area contributed by atoms with Gasteiger partial charge in [0, 0.05) is 0 Å². The number of hydrogen-bond donors (Lipinski definition) is 1. The van der Waals surface area contributed by atoms with Crippen molar-refractivity contribution in [2.75, 3.05) is 11.9 Å². The zero-order chi connectivity index (χ0) is 13.7. The van der Waals surface area contributed by atoms with E-state index in [0.29, 0.717) is 22.9 Å². The highest BCUT2D eigenvalue weighted by molar-refractivity contribution is 9.11. The van der Waals surface area contributed by atoms with Crippen LogP contribution in [-0.4, -0.2) is 12.5 Å². The number of thiophene rings is 1. The minimum Gasteiger partial charge on any atom is -0.491 e. The molecule has 1 aromatic heterocycles. The Hall–Kier alpha value is -1.33. The van der Waals surface area contributed by atoms with Gasteiger partial charge in [0.15, 0.2) is 0 Å². The Labute approximate surface area is 124 Å². The second-order valence-electron chi connectivity index (χ2n) is 3.90. The molecule has 3 nitrogen and oxygen atoms in total. The van der Waals surface area contributed by atoms with Gasteiger partial charge in [-0.2, -0.15) is 0 Å². The molecule has 0 atom stereocenters. The SMILES string of the molecule is CCCOc1ccccc1NC(=O)c1ccc(Br)s1.